The second kappa shape index (κ2) is 38.9. The highest BCUT2D eigenvalue weighted by Crippen LogP contribution is 2.26. The molecule has 0 atom stereocenters. The molecule has 3 aromatic carbocycles. The number of ether oxygens (including phenoxy) is 3. The molecule has 436 valence electrons. The van der Waals surface area contributed by atoms with Crippen LogP contribution in [-0.4, -0.2) is 17.9 Å². The van der Waals surface area contributed by atoms with Crippen molar-refractivity contribution in [3.63, 3.8) is 0 Å². The lowest BCUT2D eigenvalue weighted by molar-refractivity contribution is -0.135. The van der Waals surface area contributed by atoms with Gasteiger partial charge in [-0.2, -0.15) is 0 Å². The summed E-state index contributed by atoms with van der Waals surface area (Å²) in [7, 11) is 0. The molecule has 80 heavy (non-hydrogen) atoms. The summed E-state index contributed by atoms with van der Waals surface area (Å²) in [6.45, 7) is 11.4. The highest BCUT2D eigenvalue weighted by Gasteiger charge is 2.11. The van der Waals surface area contributed by atoms with E-state index in [1.807, 2.05) is 32.9 Å². The topological polar surface area (TPSA) is 170 Å². The van der Waals surface area contributed by atoms with Gasteiger partial charge < -0.3 is 27.5 Å². The van der Waals surface area contributed by atoms with Crippen LogP contribution in [0.15, 0.2) is 113 Å². The number of esters is 3. The molecule has 0 saturated carbocycles. The number of unbranched alkanes of at least 4 members (excludes halogenated alkanes) is 25. The molecule has 0 unspecified atom stereocenters. The van der Waals surface area contributed by atoms with E-state index in [4.69, 9.17) is 27.5 Å². The number of hydrogen-bond acceptors (Lipinski definition) is 12. The van der Waals surface area contributed by atoms with Crippen molar-refractivity contribution in [2.45, 2.75) is 234 Å². The van der Waals surface area contributed by atoms with Gasteiger partial charge in [0.15, 0.2) is 0 Å². The van der Waals surface area contributed by atoms with E-state index in [1.54, 1.807) is 36.4 Å². The van der Waals surface area contributed by atoms with Crippen molar-refractivity contribution in [3.05, 3.63) is 133 Å². The summed E-state index contributed by atoms with van der Waals surface area (Å²) >= 11 is 0. The molecule has 0 spiro atoms. The summed E-state index contributed by atoms with van der Waals surface area (Å²) in [5.74, 6) is 0.343. The number of aryl methyl sites for hydroxylation is 3. The van der Waals surface area contributed by atoms with E-state index >= 15 is 0 Å². The summed E-state index contributed by atoms with van der Waals surface area (Å²) in [6.07, 6.45) is 41.1. The maximum absolute atomic E-state index is 12.1. The Morgan fingerprint density at radius 2 is 0.650 bits per heavy atom. The van der Waals surface area contributed by atoms with Crippen LogP contribution in [-0.2, 0) is 14.4 Å². The zero-order chi connectivity index (χ0) is 57.7. The molecule has 12 heteroatoms. The minimum atomic E-state index is -0.412. The molecule has 6 aromatic rings. The quantitative estimate of drug-likeness (QED) is 0.0123. The molecule has 6 rings (SSSR count). The third-order valence-electron chi connectivity index (χ3n) is 14.1. The van der Waals surface area contributed by atoms with E-state index in [1.165, 1.54) is 172 Å². The van der Waals surface area contributed by atoms with Crippen molar-refractivity contribution in [2.75, 3.05) is 0 Å². The van der Waals surface area contributed by atoms with Gasteiger partial charge in [-0.1, -0.05) is 167 Å². The van der Waals surface area contributed by atoms with Crippen LogP contribution in [0.2, 0.25) is 0 Å². The smallest absolute Gasteiger partial charge is 0.336 e. The molecule has 0 saturated heterocycles. The lowest BCUT2D eigenvalue weighted by atomic mass is 10.0. The predicted octanol–water partition coefficient (Wildman–Crippen LogP) is 18.3. The first-order valence-electron chi connectivity index (χ1n) is 30.1. The third-order valence-corrected chi connectivity index (χ3v) is 14.1. The number of carbonyl (C=O) groups is 3. The van der Waals surface area contributed by atoms with E-state index in [0.29, 0.717) is 46.8 Å². The van der Waals surface area contributed by atoms with Crippen LogP contribution in [0.25, 0.3) is 32.9 Å². The van der Waals surface area contributed by atoms with Gasteiger partial charge in [0.05, 0.1) is 0 Å². The summed E-state index contributed by atoms with van der Waals surface area (Å²) in [5.41, 5.74) is 2.65. The fourth-order valence-corrected chi connectivity index (χ4v) is 9.62. The molecule has 0 bridgehead atoms. The number of carbonyl (C=O) groups excluding carboxylic acids is 3. The molecule has 0 amide bonds. The number of allylic oxidation sites excluding steroid dienone is 2. The maximum atomic E-state index is 12.1. The number of benzene rings is 3. The predicted molar refractivity (Wildman–Crippen MR) is 323 cm³/mol. The van der Waals surface area contributed by atoms with Crippen molar-refractivity contribution in [3.8, 4) is 17.2 Å². The number of hydrogen-bond donors (Lipinski definition) is 0. The van der Waals surface area contributed by atoms with Gasteiger partial charge in [-0.25, -0.2) is 14.4 Å². The number of rotatable bonds is 34. The van der Waals surface area contributed by atoms with Crippen molar-refractivity contribution >= 4 is 50.8 Å². The van der Waals surface area contributed by atoms with Crippen molar-refractivity contribution < 1.29 is 41.8 Å². The Balaban J connectivity index is 0.000000272. The Hall–Kier alpha value is -6.56. The molecule has 0 N–H and O–H groups in total. The van der Waals surface area contributed by atoms with Gasteiger partial charge >= 0.3 is 34.8 Å². The minimum Gasteiger partial charge on any atom is -0.427 e. The standard InChI is InChI=1S/C28H42O4.C28H40O4.C12H10O4/c2*1-3-4-5-6-7-8-9-10-11-12-13-14-15-16-17-18-27(29)31-24-19-20-25-23(2)21-28(30)32-26(25)22-24;1-7-5-12(14)16-11-6-9(15-8(2)13)3-4-10(7)11/h19-22H,3-18H2,1-2H3;10-11,19-22H,3-9,12-18H2,1-2H3;3-6H,1-2H3/b;11-10-;. The first-order valence-corrected chi connectivity index (χ1v) is 30.1. The Kier molecular flexibility index (Phi) is 32.1. The molecular weight excluding hydrogens is 1010 g/mol. The lowest BCUT2D eigenvalue weighted by Gasteiger charge is -2.06. The van der Waals surface area contributed by atoms with Crippen LogP contribution in [0.4, 0.5) is 0 Å². The van der Waals surface area contributed by atoms with Gasteiger partial charge in [0.1, 0.15) is 34.0 Å². The largest absolute Gasteiger partial charge is 0.427 e. The summed E-state index contributed by atoms with van der Waals surface area (Å²) in [6, 6.07) is 19.7. The van der Waals surface area contributed by atoms with Gasteiger partial charge in [0, 0.05) is 72.3 Å². The summed E-state index contributed by atoms with van der Waals surface area (Å²) < 4.78 is 31.2. The van der Waals surface area contributed by atoms with Crippen molar-refractivity contribution in [1.29, 1.82) is 0 Å². The molecule has 0 radical (unpaired) electrons. The van der Waals surface area contributed by atoms with Crippen molar-refractivity contribution in [1.82, 2.24) is 0 Å². The van der Waals surface area contributed by atoms with E-state index in [2.05, 4.69) is 26.0 Å². The Labute approximate surface area is 475 Å². The van der Waals surface area contributed by atoms with Gasteiger partial charge in [-0.05, 0) is 112 Å². The van der Waals surface area contributed by atoms with Gasteiger partial charge in [0.25, 0.3) is 0 Å². The highest BCUT2D eigenvalue weighted by atomic mass is 16.5. The van der Waals surface area contributed by atoms with E-state index in [-0.39, 0.29) is 11.9 Å². The van der Waals surface area contributed by atoms with Crippen LogP contribution in [0.5, 0.6) is 17.2 Å². The van der Waals surface area contributed by atoms with E-state index < -0.39 is 22.8 Å². The Bertz CT molecular complexity index is 2990. The highest BCUT2D eigenvalue weighted by molar-refractivity contribution is 5.84. The van der Waals surface area contributed by atoms with E-state index in [0.717, 1.165) is 71.4 Å². The fourth-order valence-electron chi connectivity index (χ4n) is 9.62. The van der Waals surface area contributed by atoms with E-state index in [9.17, 15) is 28.8 Å². The van der Waals surface area contributed by atoms with Crippen LogP contribution < -0.4 is 31.1 Å². The van der Waals surface area contributed by atoms with Crippen molar-refractivity contribution in [2.24, 2.45) is 0 Å². The van der Waals surface area contributed by atoms with Crippen LogP contribution in [0, 0.1) is 20.8 Å². The monoisotopic (exact) mass is 1100 g/mol. The van der Waals surface area contributed by atoms with Gasteiger partial charge in [-0.15, -0.1) is 0 Å². The molecule has 3 heterocycles. The molecule has 3 aromatic heterocycles. The molecular formula is C68H92O12. The Morgan fingerprint density at radius 1 is 0.375 bits per heavy atom. The molecule has 0 fully saturated rings. The zero-order valence-corrected chi connectivity index (χ0v) is 49.2. The maximum Gasteiger partial charge on any atom is 0.336 e. The minimum absolute atomic E-state index is 0.228. The molecule has 0 aliphatic carbocycles. The van der Waals surface area contributed by atoms with Crippen LogP contribution in [0.3, 0.4) is 0 Å². The first kappa shape index (κ1) is 66.0. The van der Waals surface area contributed by atoms with Crippen LogP contribution in [0.1, 0.15) is 230 Å². The fraction of sp³-hybridized carbons (Fsp3) is 0.529. The molecule has 12 nitrogen and oxygen atoms in total. The van der Waals surface area contributed by atoms with Crippen LogP contribution >= 0.6 is 0 Å². The average molecular weight is 1100 g/mol. The molecule has 0 aliphatic heterocycles. The number of fused-ring (bicyclic) bond motifs is 3. The normalized spacial score (nSPS) is 11.1. The zero-order valence-electron chi connectivity index (χ0n) is 49.2. The SMILES string of the molecule is CC(=O)Oc1ccc2c(C)cc(=O)oc2c1.CCCCCCCC/C=C\CCCCCCCC(=O)Oc1ccc2c(C)cc(=O)oc2c1.CCCCCCCCCCCCCCCCCC(=O)Oc1ccc2c(C)cc(=O)oc2c1. The lowest BCUT2D eigenvalue weighted by Crippen LogP contribution is -2.07. The second-order valence-corrected chi connectivity index (χ2v) is 21.3. The third kappa shape index (κ3) is 27.1. The Morgan fingerprint density at radius 3 is 0.950 bits per heavy atom. The average Bonchev–Trinajstić information content (AvgIpc) is 3.41. The van der Waals surface area contributed by atoms with Gasteiger partial charge in [-0.3, -0.25) is 14.4 Å². The summed E-state index contributed by atoms with van der Waals surface area (Å²) in [4.78, 5) is 69.2. The second-order valence-electron chi connectivity index (χ2n) is 21.3. The first-order chi connectivity index (χ1) is 38.8. The van der Waals surface area contributed by atoms with Gasteiger partial charge in [0.2, 0.25) is 0 Å². The molecule has 0 aliphatic rings. The summed E-state index contributed by atoms with van der Waals surface area (Å²) in [5, 5.41) is 2.53.